The molecule has 0 bridgehead atoms. The Labute approximate surface area is 124 Å². The van der Waals surface area contributed by atoms with Gasteiger partial charge in [-0.2, -0.15) is 5.26 Å². The van der Waals surface area contributed by atoms with Crippen molar-refractivity contribution < 1.29 is 9.47 Å². The molecule has 1 unspecified atom stereocenters. The predicted molar refractivity (Wildman–Crippen MR) is 81.3 cm³/mol. The quantitative estimate of drug-likeness (QED) is 0.915. The minimum absolute atomic E-state index is 0.258. The second-order valence-corrected chi connectivity index (χ2v) is 4.73. The van der Waals surface area contributed by atoms with Crippen LogP contribution in [0, 0.1) is 18.3 Å². The van der Waals surface area contributed by atoms with E-state index in [9.17, 15) is 0 Å². The van der Waals surface area contributed by atoms with Crippen molar-refractivity contribution in [3.8, 4) is 17.6 Å². The predicted octanol–water partition coefficient (Wildman–Crippen LogP) is 2.95. The molecule has 0 heterocycles. The van der Waals surface area contributed by atoms with Crippen molar-refractivity contribution in [2.24, 2.45) is 5.73 Å². The first kappa shape index (κ1) is 14.9. The maximum absolute atomic E-state index is 8.92. The van der Waals surface area contributed by atoms with Crippen LogP contribution in [-0.4, -0.2) is 13.7 Å². The van der Waals surface area contributed by atoms with E-state index in [1.54, 1.807) is 25.3 Å². The zero-order valence-corrected chi connectivity index (χ0v) is 12.2. The second kappa shape index (κ2) is 6.78. The highest BCUT2D eigenvalue weighted by Gasteiger charge is 2.15. The first-order valence-electron chi connectivity index (χ1n) is 6.69. The number of methoxy groups -OCH3 is 1. The van der Waals surface area contributed by atoms with Gasteiger partial charge in [0.05, 0.1) is 18.7 Å². The molecule has 0 saturated carbocycles. The van der Waals surface area contributed by atoms with E-state index >= 15 is 0 Å². The fourth-order valence-electron chi connectivity index (χ4n) is 2.11. The van der Waals surface area contributed by atoms with Gasteiger partial charge in [-0.15, -0.1) is 0 Å². The number of ether oxygens (including phenoxy) is 2. The van der Waals surface area contributed by atoms with Crippen molar-refractivity contribution in [2.75, 3.05) is 13.7 Å². The van der Waals surface area contributed by atoms with E-state index in [1.165, 1.54) is 0 Å². The van der Waals surface area contributed by atoms with E-state index in [0.29, 0.717) is 23.6 Å². The highest BCUT2D eigenvalue weighted by atomic mass is 16.5. The van der Waals surface area contributed by atoms with E-state index in [-0.39, 0.29) is 6.10 Å². The molecular weight excluding hydrogens is 264 g/mol. The molecule has 108 valence electrons. The average molecular weight is 282 g/mol. The van der Waals surface area contributed by atoms with E-state index < -0.39 is 0 Å². The van der Waals surface area contributed by atoms with Crippen molar-refractivity contribution >= 4 is 0 Å². The maximum atomic E-state index is 8.92. The summed E-state index contributed by atoms with van der Waals surface area (Å²) < 4.78 is 11.2. The molecular formula is C17H18N2O2. The molecule has 2 rings (SSSR count). The Morgan fingerprint density at radius 1 is 1.19 bits per heavy atom. The molecule has 2 aromatic rings. The molecule has 2 aromatic carbocycles. The number of aryl methyl sites for hydroxylation is 1. The van der Waals surface area contributed by atoms with E-state index in [4.69, 9.17) is 20.5 Å². The molecule has 0 aromatic heterocycles. The lowest BCUT2D eigenvalue weighted by atomic mass is 10.1. The number of benzene rings is 2. The van der Waals surface area contributed by atoms with Crippen molar-refractivity contribution in [1.29, 1.82) is 5.26 Å². The summed E-state index contributed by atoms with van der Waals surface area (Å²) in [5.41, 5.74) is 8.53. The second-order valence-electron chi connectivity index (χ2n) is 4.73. The average Bonchev–Trinajstić information content (AvgIpc) is 2.52. The SMILES string of the molecule is COc1cc(C#N)ccc1OC(CN)c1cccc(C)c1. The molecule has 1 atom stereocenters. The van der Waals surface area contributed by atoms with Crippen LogP contribution in [0.15, 0.2) is 42.5 Å². The van der Waals surface area contributed by atoms with Crippen molar-refractivity contribution in [3.05, 3.63) is 59.2 Å². The number of hydrogen-bond acceptors (Lipinski definition) is 4. The van der Waals surface area contributed by atoms with Gasteiger partial charge in [-0.25, -0.2) is 0 Å². The molecule has 0 aliphatic heterocycles. The van der Waals surface area contributed by atoms with Gasteiger partial charge in [0, 0.05) is 12.6 Å². The van der Waals surface area contributed by atoms with Crippen molar-refractivity contribution in [1.82, 2.24) is 0 Å². The topological polar surface area (TPSA) is 68.3 Å². The van der Waals surface area contributed by atoms with Gasteiger partial charge in [0.1, 0.15) is 6.10 Å². The highest BCUT2D eigenvalue weighted by molar-refractivity contribution is 5.47. The van der Waals surface area contributed by atoms with Gasteiger partial charge in [-0.3, -0.25) is 0 Å². The van der Waals surface area contributed by atoms with Crippen LogP contribution in [0.25, 0.3) is 0 Å². The Bertz CT molecular complexity index is 662. The minimum atomic E-state index is -0.258. The number of nitrogens with two attached hydrogens (primary N) is 1. The van der Waals surface area contributed by atoms with Gasteiger partial charge < -0.3 is 15.2 Å². The molecule has 0 spiro atoms. The fourth-order valence-corrected chi connectivity index (χ4v) is 2.11. The van der Waals surface area contributed by atoms with Crippen LogP contribution in [0.3, 0.4) is 0 Å². The molecule has 0 amide bonds. The summed E-state index contributed by atoms with van der Waals surface area (Å²) >= 11 is 0. The molecule has 4 nitrogen and oxygen atoms in total. The van der Waals surface area contributed by atoms with E-state index in [2.05, 4.69) is 6.07 Å². The van der Waals surface area contributed by atoms with Crippen LogP contribution in [0.4, 0.5) is 0 Å². The Hall–Kier alpha value is -2.51. The smallest absolute Gasteiger partial charge is 0.162 e. The van der Waals surface area contributed by atoms with E-state index in [1.807, 2.05) is 31.2 Å². The first-order chi connectivity index (χ1) is 10.2. The summed E-state index contributed by atoms with van der Waals surface area (Å²) in [7, 11) is 1.55. The van der Waals surface area contributed by atoms with Gasteiger partial charge >= 0.3 is 0 Å². The third-order valence-corrected chi connectivity index (χ3v) is 3.19. The Morgan fingerprint density at radius 3 is 2.62 bits per heavy atom. The van der Waals surface area contributed by atoms with Crippen LogP contribution in [0.2, 0.25) is 0 Å². The third kappa shape index (κ3) is 3.53. The van der Waals surface area contributed by atoms with Crippen LogP contribution >= 0.6 is 0 Å². The number of hydrogen-bond donors (Lipinski definition) is 1. The van der Waals surface area contributed by atoms with Crippen LogP contribution in [0.1, 0.15) is 22.8 Å². The summed E-state index contributed by atoms with van der Waals surface area (Å²) in [6.07, 6.45) is -0.258. The zero-order chi connectivity index (χ0) is 15.2. The molecule has 0 radical (unpaired) electrons. The van der Waals surface area contributed by atoms with Gasteiger partial charge in [0.25, 0.3) is 0 Å². The van der Waals surface area contributed by atoms with Crippen molar-refractivity contribution in [3.63, 3.8) is 0 Å². The summed E-state index contributed by atoms with van der Waals surface area (Å²) in [5.74, 6) is 1.11. The molecule has 0 saturated heterocycles. The minimum Gasteiger partial charge on any atom is -0.493 e. The normalized spacial score (nSPS) is 11.5. The summed E-state index contributed by atoms with van der Waals surface area (Å²) in [4.78, 5) is 0. The lowest BCUT2D eigenvalue weighted by Gasteiger charge is -2.20. The molecule has 2 N–H and O–H groups in total. The Kier molecular flexibility index (Phi) is 4.81. The zero-order valence-electron chi connectivity index (χ0n) is 12.2. The Balaban J connectivity index is 2.29. The summed E-state index contributed by atoms with van der Waals surface area (Å²) in [5, 5.41) is 8.92. The third-order valence-electron chi connectivity index (χ3n) is 3.19. The molecule has 21 heavy (non-hydrogen) atoms. The number of rotatable bonds is 5. The van der Waals surface area contributed by atoms with Crippen LogP contribution in [-0.2, 0) is 0 Å². The van der Waals surface area contributed by atoms with Gasteiger partial charge in [0.2, 0.25) is 0 Å². The maximum Gasteiger partial charge on any atom is 0.162 e. The molecule has 0 aliphatic rings. The Morgan fingerprint density at radius 2 is 2.00 bits per heavy atom. The lowest BCUT2D eigenvalue weighted by molar-refractivity contribution is 0.204. The van der Waals surface area contributed by atoms with E-state index in [0.717, 1.165) is 11.1 Å². The van der Waals surface area contributed by atoms with Crippen LogP contribution in [0.5, 0.6) is 11.5 Å². The lowest BCUT2D eigenvalue weighted by Crippen LogP contribution is -2.18. The monoisotopic (exact) mass is 282 g/mol. The largest absolute Gasteiger partial charge is 0.493 e. The highest BCUT2D eigenvalue weighted by Crippen LogP contribution is 2.31. The molecule has 0 aliphatic carbocycles. The standard InChI is InChI=1S/C17H18N2O2/c1-12-4-3-5-14(8-12)17(11-19)21-15-7-6-13(10-18)9-16(15)20-2/h3-9,17H,11,19H2,1-2H3. The van der Waals surface area contributed by atoms with Gasteiger partial charge in [-0.05, 0) is 24.6 Å². The van der Waals surface area contributed by atoms with Crippen LogP contribution < -0.4 is 15.2 Å². The number of nitriles is 1. The first-order valence-corrected chi connectivity index (χ1v) is 6.69. The van der Waals surface area contributed by atoms with Gasteiger partial charge in [0.15, 0.2) is 11.5 Å². The summed E-state index contributed by atoms with van der Waals surface area (Å²) in [6, 6.07) is 15.2. The molecule has 4 heteroatoms. The summed E-state index contributed by atoms with van der Waals surface area (Å²) in [6.45, 7) is 2.38. The van der Waals surface area contributed by atoms with Gasteiger partial charge in [-0.1, -0.05) is 29.8 Å². The van der Waals surface area contributed by atoms with Crippen molar-refractivity contribution in [2.45, 2.75) is 13.0 Å². The molecule has 0 fully saturated rings. The number of nitrogens with zero attached hydrogens (tertiary/aromatic N) is 1. The fraction of sp³-hybridized carbons (Fsp3) is 0.235.